The van der Waals surface area contributed by atoms with Gasteiger partial charge in [-0.2, -0.15) is 9.97 Å². The minimum atomic E-state index is -3.89. The number of oxazole rings is 1. The maximum atomic E-state index is 12.4. The molecule has 0 fully saturated rings. The molecule has 27 heavy (non-hydrogen) atoms. The molecule has 2 aromatic heterocycles. The van der Waals surface area contributed by atoms with Crippen LogP contribution in [0, 0.1) is 6.92 Å². The van der Waals surface area contributed by atoms with Crippen molar-refractivity contribution in [2.24, 2.45) is 0 Å². The average Bonchev–Trinajstić information content (AvgIpc) is 3.07. The fourth-order valence-electron chi connectivity index (χ4n) is 2.49. The maximum Gasteiger partial charge on any atom is 0.297 e. The molecule has 4 rings (SSSR count). The Kier molecular flexibility index (Phi) is 4.00. The van der Waals surface area contributed by atoms with E-state index in [4.69, 9.17) is 4.42 Å². The Hall–Kier alpha value is -3.46. The highest BCUT2D eigenvalue weighted by Crippen LogP contribution is 2.22. The predicted octanol–water partition coefficient (Wildman–Crippen LogP) is 2.69. The van der Waals surface area contributed by atoms with Gasteiger partial charge in [0.1, 0.15) is 0 Å². The minimum absolute atomic E-state index is 0.0140. The van der Waals surface area contributed by atoms with Crippen LogP contribution in [0.5, 0.6) is 0 Å². The third-order valence-electron chi connectivity index (χ3n) is 3.85. The lowest BCUT2D eigenvalue weighted by atomic mass is 10.1. The van der Waals surface area contributed by atoms with Crippen LogP contribution in [0.4, 0.5) is 5.95 Å². The molecule has 2 aromatic carbocycles. The molecule has 0 aliphatic heterocycles. The molecule has 2 N–H and O–H groups in total. The minimum Gasteiger partial charge on any atom is -0.428 e. The second-order valence-electron chi connectivity index (χ2n) is 5.87. The number of H-pyrrole nitrogens is 1. The number of benzene rings is 2. The molecule has 136 valence electrons. The second kappa shape index (κ2) is 6.36. The molecule has 9 heteroatoms. The lowest BCUT2D eigenvalue weighted by molar-refractivity contribution is 0.600. The highest BCUT2D eigenvalue weighted by molar-refractivity contribution is 7.92. The lowest BCUT2D eigenvalue weighted by Gasteiger charge is -2.06. The summed E-state index contributed by atoms with van der Waals surface area (Å²) in [5.74, 6) is -0.00817. The number of sulfonamides is 1. The molecule has 0 bridgehead atoms. The van der Waals surface area contributed by atoms with E-state index in [-0.39, 0.29) is 28.0 Å². The number of nitrogens with one attached hydrogen (secondary N) is 2. The van der Waals surface area contributed by atoms with Gasteiger partial charge in [-0.25, -0.2) is 13.1 Å². The fourth-order valence-corrected chi connectivity index (χ4v) is 3.47. The molecule has 0 aliphatic carbocycles. The summed E-state index contributed by atoms with van der Waals surface area (Å²) in [5.41, 5.74) is 1.07. The first-order valence-corrected chi connectivity index (χ1v) is 9.46. The largest absolute Gasteiger partial charge is 0.428 e. The topological polar surface area (TPSA) is 118 Å². The fraction of sp³-hybridized carbons (Fsp3) is 0.0556. The highest BCUT2D eigenvalue weighted by atomic mass is 32.2. The van der Waals surface area contributed by atoms with E-state index in [1.807, 2.05) is 31.2 Å². The predicted molar refractivity (Wildman–Crippen MR) is 99.8 cm³/mol. The van der Waals surface area contributed by atoms with Crippen LogP contribution in [0.3, 0.4) is 0 Å². The Morgan fingerprint density at radius 1 is 1.00 bits per heavy atom. The van der Waals surface area contributed by atoms with Crippen LogP contribution in [0.1, 0.15) is 5.56 Å². The van der Waals surface area contributed by atoms with Crippen LogP contribution in [0.2, 0.25) is 0 Å². The van der Waals surface area contributed by atoms with Crippen molar-refractivity contribution in [3.63, 3.8) is 0 Å². The molecule has 0 radical (unpaired) electrons. The number of hydrogen-bond donors (Lipinski definition) is 2. The molecular formula is C18H14N4O4S. The van der Waals surface area contributed by atoms with Gasteiger partial charge in [0.05, 0.1) is 4.90 Å². The normalized spacial score (nSPS) is 11.6. The number of aromatic amines is 1. The molecule has 0 amide bonds. The van der Waals surface area contributed by atoms with Gasteiger partial charge in [0.25, 0.3) is 15.6 Å². The first kappa shape index (κ1) is 17.0. The first-order valence-electron chi connectivity index (χ1n) is 7.98. The van der Waals surface area contributed by atoms with Crippen molar-refractivity contribution in [1.29, 1.82) is 0 Å². The number of anilines is 1. The summed E-state index contributed by atoms with van der Waals surface area (Å²) < 4.78 is 32.5. The summed E-state index contributed by atoms with van der Waals surface area (Å²) in [6, 6.07) is 15.2. The van der Waals surface area contributed by atoms with Gasteiger partial charge in [-0.3, -0.25) is 9.78 Å². The van der Waals surface area contributed by atoms with Crippen LogP contribution >= 0.6 is 0 Å². The molecule has 0 atom stereocenters. The summed E-state index contributed by atoms with van der Waals surface area (Å²) in [5, 5.41) is 0. The zero-order valence-corrected chi connectivity index (χ0v) is 14.9. The zero-order valence-electron chi connectivity index (χ0n) is 14.1. The first-order chi connectivity index (χ1) is 12.9. The summed E-state index contributed by atoms with van der Waals surface area (Å²) in [6.45, 7) is 1.95. The van der Waals surface area contributed by atoms with E-state index in [9.17, 15) is 13.2 Å². The van der Waals surface area contributed by atoms with E-state index in [1.165, 1.54) is 12.1 Å². The van der Waals surface area contributed by atoms with E-state index < -0.39 is 15.6 Å². The molecule has 0 unspecified atom stereocenters. The lowest BCUT2D eigenvalue weighted by Crippen LogP contribution is -2.18. The number of nitrogens with zero attached hydrogens (tertiary/aromatic N) is 2. The van der Waals surface area contributed by atoms with Gasteiger partial charge in [0.2, 0.25) is 23.1 Å². The number of fused-ring (bicyclic) bond motifs is 1. The Morgan fingerprint density at radius 2 is 1.70 bits per heavy atom. The summed E-state index contributed by atoms with van der Waals surface area (Å²) in [4.78, 5) is 22.9. The SMILES string of the molecule is Cc1ccc(-c2nc3nc(NS(=O)(=O)c4ccccc4)[nH]c(=O)c3o2)cc1. The smallest absolute Gasteiger partial charge is 0.297 e. The van der Waals surface area contributed by atoms with Crippen LogP contribution in [0.25, 0.3) is 22.7 Å². The van der Waals surface area contributed by atoms with Crippen LogP contribution in [-0.2, 0) is 10.0 Å². The number of aromatic nitrogens is 3. The van der Waals surface area contributed by atoms with Crippen LogP contribution in [-0.4, -0.2) is 23.4 Å². The van der Waals surface area contributed by atoms with Gasteiger partial charge >= 0.3 is 0 Å². The molecular weight excluding hydrogens is 368 g/mol. The average molecular weight is 382 g/mol. The Labute approximate surface area is 154 Å². The van der Waals surface area contributed by atoms with Crippen LogP contribution in [0.15, 0.2) is 68.7 Å². The van der Waals surface area contributed by atoms with Gasteiger partial charge in [-0.1, -0.05) is 35.9 Å². The van der Waals surface area contributed by atoms with E-state index in [2.05, 4.69) is 19.7 Å². The molecule has 0 aliphatic rings. The van der Waals surface area contributed by atoms with Crippen molar-refractivity contribution in [1.82, 2.24) is 15.0 Å². The van der Waals surface area contributed by atoms with Crippen molar-refractivity contribution in [2.75, 3.05) is 4.72 Å². The number of aryl methyl sites for hydroxylation is 1. The molecule has 0 saturated heterocycles. The Balaban J connectivity index is 1.74. The van der Waals surface area contributed by atoms with Gasteiger partial charge in [-0.15, -0.1) is 0 Å². The van der Waals surface area contributed by atoms with E-state index >= 15 is 0 Å². The van der Waals surface area contributed by atoms with Crippen molar-refractivity contribution in [3.05, 3.63) is 70.5 Å². The third-order valence-corrected chi connectivity index (χ3v) is 5.20. The number of rotatable bonds is 4. The Bertz CT molecular complexity index is 1280. The summed E-state index contributed by atoms with van der Waals surface area (Å²) in [7, 11) is -3.89. The zero-order chi connectivity index (χ0) is 19.0. The molecule has 0 spiro atoms. The quantitative estimate of drug-likeness (QED) is 0.560. The summed E-state index contributed by atoms with van der Waals surface area (Å²) >= 11 is 0. The Morgan fingerprint density at radius 3 is 2.41 bits per heavy atom. The molecule has 8 nitrogen and oxygen atoms in total. The van der Waals surface area contributed by atoms with Crippen molar-refractivity contribution in [3.8, 4) is 11.5 Å². The van der Waals surface area contributed by atoms with E-state index in [0.29, 0.717) is 5.56 Å². The molecule has 0 saturated carbocycles. The van der Waals surface area contributed by atoms with Crippen molar-refractivity contribution < 1.29 is 12.8 Å². The van der Waals surface area contributed by atoms with Crippen LogP contribution < -0.4 is 10.3 Å². The monoisotopic (exact) mass is 382 g/mol. The summed E-state index contributed by atoms with van der Waals surface area (Å²) in [6.07, 6.45) is 0. The van der Waals surface area contributed by atoms with Gasteiger partial charge < -0.3 is 4.42 Å². The molecule has 2 heterocycles. The maximum absolute atomic E-state index is 12.4. The second-order valence-corrected chi connectivity index (χ2v) is 7.55. The van der Waals surface area contributed by atoms with E-state index in [0.717, 1.165) is 5.56 Å². The van der Waals surface area contributed by atoms with E-state index in [1.54, 1.807) is 18.2 Å². The van der Waals surface area contributed by atoms with Crippen molar-refractivity contribution in [2.45, 2.75) is 11.8 Å². The number of hydrogen-bond acceptors (Lipinski definition) is 6. The van der Waals surface area contributed by atoms with Gasteiger partial charge in [0, 0.05) is 5.56 Å². The van der Waals surface area contributed by atoms with Gasteiger partial charge in [-0.05, 0) is 31.2 Å². The van der Waals surface area contributed by atoms with Crippen molar-refractivity contribution >= 4 is 27.2 Å². The van der Waals surface area contributed by atoms with Gasteiger partial charge in [0.15, 0.2) is 0 Å². The standard InChI is InChI=1S/C18H14N4O4S/c1-11-7-9-12(10-8-11)17-19-15-14(26-17)16(23)21-18(20-15)22-27(24,25)13-5-3-2-4-6-13/h2-10H,1H3,(H2,20,21,22,23). The third kappa shape index (κ3) is 3.32. The molecule has 4 aromatic rings. The highest BCUT2D eigenvalue weighted by Gasteiger charge is 2.18.